The first-order chi connectivity index (χ1) is 8.95. The van der Waals surface area contributed by atoms with Gasteiger partial charge in [-0.05, 0) is 6.07 Å². The zero-order valence-electron chi connectivity index (χ0n) is 10.9. The molecule has 0 bridgehead atoms. The van der Waals surface area contributed by atoms with Crippen LogP contribution in [0.25, 0.3) is 0 Å². The molecule has 0 saturated carbocycles. The van der Waals surface area contributed by atoms with Crippen molar-refractivity contribution in [3.05, 3.63) is 23.0 Å². The van der Waals surface area contributed by atoms with E-state index in [4.69, 9.17) is 22.1 Å². The molecule has 1 amide bonds. The fourth-order valence-electron chi connectivity index (χ4n) is 1.53. The van der Waals surface area contributed by atoms with E-state index in [-0.39, 0.29) is 17.5 Å². The van der Waals surface area contributed by atoms with Gasteiger partial charge in [0.05, 0.1) is 29.5 Å². The van der Waals surface area contributed by atoms with Crippen molar-refractivity contribution >= 4 is 28.9 Å². The molecule has 0 aliphatic heterocycles. The number of ether oxygens (including phenoxy) is 1. The molecule has 7 heteroatoms. The van der Waals surface area contributed by atoms with Gasteiger partial charge in [-0.1, -0.05) is 11.6 Å². The third-order valence-electron chi connectivity index (χ3n) is 2.49. The van der Waals surface area contributed by atoms with Gasteiger partial charge in [0.2, 0.25) is 5.91 Å². The van der Waals surface area contributed by atoms with Crippen molar-refractivity contribution in [1.82, 2.24) is 5.32 Å². The maximum absolute atomic E-state index is 13.4. The van der Waals surface area contributed by atoms with E-state index >= 15 is 0 Å². The number of rotatable bonds is 6. The van der Waals surface area contributed by atoms with Gasteiger partial charge in [-0.15, -0.1) is 0 Å². The monoisotopic (exact) mass is 289 g/mol. The van der Waals surface area contributed by atoms with Crippen LogP contribution in [-0.2, 0) is 9.53 Å². The third kappa shape index (κ3) is 4.57. The maximum atomic E-state index is 13.4. The van der Waals surface area contributed by atoms with Gasteiger partial charge in [-0.3, -0.25) is 4.79 Å². The second-order valence-electron chi connectivity index (χ2n) is 4.02. The van der Waals surface area contributed by atoms with Gasteiger partial charge in [-0.2, -0.15) is 0 Å². The summed E-state index contributed by atoms with van der Waals surface area (Å²) in [6, 6.07) is 2.53. The van der Waals surface area contributed by atoms with E-state index < -0.39 is 5.82 Å². The lowest BCUT2D eigenvalue weighted by Gasteiger charge is -2.20. The minimum absolute atomic E-state index is 0.0424. The number of anilines is 2. The SMILES string of the molecule is COCCNC(=O)CN(C)c1cc(F)c(Cl)cc1N. The molecule has 0 radical (unpaired) electrons. The molecule has 106 valence electrons. The van der Waals surface area contributed by atoms with E-state index in [9.17, 15) is 9.18 Å². The van der Waals surface area contributed by atoms with Crippen molar-refractivity contribution in [2.75, 3.05) is 44.5 Å². The Morgan fingerprint density at radius 2 is 2.26 bits per heavy atom. The number of nitrogens with two attached hydrogens (primary N) is 1. The van der Waals surface area contributed by atoms with Gasteiger partial charge >= 0.3 is 0 Å². The molecule has 0 heterocycles. The van der Waals surface area contributed by atoms with Gasteiger partial charge in [0.1, 0.15) is 5.82 Å². The molecule has 0 fully saturated rings. The van der Waals surface area contributed by atoms with Crippen molar-refractivity contribution in [3.63, 3.8) is 0 Å². The zero-order valence-corrected chi connectivity index (χ0v) is 11.6. The fourth-order valence-corrected chi connectivity index (χ4v) is 1.70. The van der Waals surface area contributed by atoms with E-state index in [0.717, 1.165) is 0 Å². The Bertz CT molecular complexity index is 457. The molecule has 0 aliphatic rings. The quantitative estimate of drug-likeness (QED) is 0.611. The van der Waals surface area contributed by atoms with Crippen molar-refractivity contribution in [2.45, 2.75) is 0 Å². The molecule has 0 aliphatic carbocycles. The van der Waals surface area contributed by atoms with Gasteiger partial charge < -0.3 is 20.7 Å². The first-order valence-electron chi connectivity index (χ1n) is 5.67. The highest BCUT2D eigenvalue weighted by Crippen LogP contribution is 2.28. The number of hydrogen-bond acceptors (Lipinski definition) is 4. The van der Waals surface area contributed by atoms with Crippen LogP contribution in [0.4, 0.5) is 15.8 Å². The van der Waals surface area contributed by atoms with Gasteiger partial charge in [0.15, 0.2) is 0 Å². The number of methoxy groups -OCH3 is 1. The lowest BCUT2D eigenvalue weighted by molar-refractivity contribution is -0.119. The Kier molecular flexibility index (Phi) is 5.85. The zero-order chi connectivity index (χ0) is 14.4. The Morgan fingerprint density at radius 1 is 1.58 bits per heavy atom. The van der Waals surface area contributed by atoms with Crippen LogP contribution < -0.4 is 16.0 Å². The van der Waals surface area contributed by atoms with Crippen molar-refractivity contribution in [1.29, 1.82) is 0 Å². The summed E-state index contributed by atoms with van der Waals surface area (Å²) in [6.45, 7) is 0.926. The Balaban J connectivity index is 2.65. The van der Waals surface area contributed by atoms with Crippen LogP contribution in [0.5, 0.6) is 0 Å². The van der Waals surface area contributed by atoms with Crippen LogP contribution in [-0.4, -0.2) is 39.8 Å². The highest BCUT2D eigenvalue weighted by Gasteiger charge is 2.12. The molecule has 3 N–H and O–H groups in total. The lowest BCUT2D eigenvalue weighted by atomic mass is 10.2. The summed E-state index contributed by atoms with van der Waals surface area (Å²) >= 11 is 5.61. The maximum Gasteiger partial charge on any atom is 0.239 e. The Morgan fingerprint density at radius 3 is 2.89 bits per heavy atom. The Labute approximate surface area is 116 Å². The van der Waals surface area contributed by atoms with E-state index in [2.05, 4.69) is 5.32 Å². The molecule has 1 aromatic carbocycles. The number of halogens is 2. The normalized spacial score (nSPS) is 10.3. The second-order valence-corrected chi connectivity index (χ2v) is 4.43. The number of benzene rings is 1. The minimum Gasteiger partial charge on any atom is -0.397 e. The number of nitrogen functional groups attached to an aromatic ring is 1. The fraction of sp³-hybridized carbons (Fsp3) is 0.417. The average molecular weight is 290 g/mol. The molecule has 0 atom stereocenters. The number of likely N-dealkylation sites (N-methyl/N-ethyl adjacent to an activating group) is 1. The largest absolute Gasteiger partial charge is 0.397 e. The molecule has 0 aromatic heterocycles. The summed E-state index contributed by atoms with van der Waals surface area (Å²) in [5, 5.41) is 2.62. The van der Waals surface area contributed by atoms with E-state index in [1.54, 1.807) is 19.1 Å². The number of hydrogen-bond donors (Lipinski definition) is 2. The summed E-state index contributed by atoms with van der Waals surface area (Å²) in [7, 11) is 3.20. The van der Waals surface area contributed by atoms with E-state index in [1.807, 2.05) is 0 Å². The highest BCUT2D eigenvalue weighted by atomic mass is 35.5. The smallest absolute Gasteiger partial charge is 0.239 e. The van der Waals surface area contributed by atoms with Crippen molar-refractivity contribution < 1.29 is 13.9 Å². The molecular weight excluding hydrogens is 273 g/mol. The predicted molar refractivity (Wildman–Crippen MR) is 74.0 cm³/mol. The van der Waals surface area contributed by atoms with E-state index in [1.165, 1.54) is 12.1 Å². The topological polar surface area (TPSA) is 67.6 Å². The standard InChI is InChI=1S/C12H17ClFN3O2/c1-17(7-12(18)16-3-4-19-2)11-6-9(14)8(13)5-10(11)15/h5-6H,3-4,7,15H2,1-2H3,(H,16,18). The minimum atomic E-state index is -0.572. The Hall–Kier alpha value is -1.53. The summed E-state index contributed by atoms with van der Waals surface area (Å²) < 4.78 is 18.2. The molecule has 0 saturated heterocycles. The summed E-state index contributed by atoms with van der Waals surface area (Å²) in [5.41, 5.74) is 6.48. The predicted octanol–water partition coefficient (Wildman–Crippen LogP) is 1.26. The van der Waals surface area contributed by atoms with Crippen LogP contribution in [0.1, 0.15) is 0 Å². The van der Waals surface area contributed by atoms with Gasteiger partial charge in [0, 0.05) is 26.8 Å². The van der Waals surface area contributed by atoms with Crippen molar-refractivity contribution in [2.24, 2.45) is 0 Å². The molecule has 1 rings (SSSR count). The summed E-state index contributed by atoms with van der Waals surface area (Å²) in [6.07, 6.45) is 0. The van der Waals surface area contributed by atoms with Crippen LogP contribution in [0.2, 0.25) is 5.02 Å². The van der Waals surface area contributed by atoms with Gasteiger partial charge in [0.25, 0.3) is 0 Å². The van der Waals surface area contributed by atoms with Crippen LogP contribution in [0.15, 0.2) is 12.1 Å². The summed E-state index contributed by atoms with van der Waals surface area (Å²) in [5.74, 6) is -0.771. The summed E-state index contributed by atoms with van der Waals surface area (Å²) in [4.78, 5) is 13.1. The number of carbonyl (C=O) groups excluding carboxylic acids is 1. The first-order valence-corrected chi connectivity index (χ1v) is 6.04. The van der Waals surface area contributed by atoms with Crippen LogP contribution in [0, 0.1) is 5.82 Å². The molecule has 0 unspecified atom stereocenters. The first kappa shape index (κ1) is 15.5. The lowest BCUT2D eigenvalue weighted by Crippen LogP contribution is -2.36. The molecule has 0 spiro atoms. The highest BCUT2D eigenvalue weighted by molar-refractivity contribution is 6.31. The number of nitrogens with one attached hydrogen (secondary N) is 1. The molecule has 19 heavy (non-hydrogen) atoms. The van der Waals surface area contributed by atoms with Crippen LogP contribution in [0.3, 0.4) is 0 Å². The molecule has 1 aromatic rings. The number of carbonyl (C=O) groups is 1. The second kappa shape index (κ2) is 7.16. The third-order valence-corrected chi connectivity index (χ3v) is 2.78. The van der Waals surface area contributed by atoms with Crippen molar-refractivity contribution in [3.8, 4) is 0 Å². The van der Waals surface area contributed by atoms with E-state index in [0.29, 0.717) is 24.5 Å². The number of amides is 1. The average Bonchev–Trinajstić information content (AvgIpc) is 2.34. The molecule has 5 nitrogen and oxygen atoms in total. The number of nitrogens with zero attached hydrogens (tertiary/aromatic N) is 1. The molecular formula is C12H17ClFN3O2. The van der Waals surface area contributed by atoms with Crippen LogP contribution >= 0.6 is 11.6 Å². The van der Waals surface area contributed by atoms with Gasteiger partial charge in [-0.25, -0.2) is 4.39 Å².